The third-order valence-electron chi connectivity index (χ3n) is 8.52. The molecule has 2 aromatic carbocycles. The molecule has 228 valence electrons. The van der Waals surface area contributed by atoms with E-state index < -0.39 is 42.8 Å². The van der Waals surface area contributed by atoms with Gasteiger partial charge in [-0.15, -0.1) is 0 Å². The molecule has 0 amide bonds. The number of hydrogen-bond acceptors (Lipinski definition) is 5. The Balaban J connectivity index is 1.54. The van der Waals surface area contributed by atoms with Crippen LogP contribution in [0, 0.1) is 0 Å². The van der Waals surface area contributed by atoms with Gasteiger partial charge in [0.05, 0.1) is 5.41 Å². The molecular weight excluding hydrogens is 608 g/mol. The Bertz CT molecular complexity index is 1870. The monoisotopic (exact) mass is 643 g/mol. The van der Waals surface area contributed by atoms with E-state index >= 15 is 0 Å². The van der Waals surface area contributed by atoms with Crippen molar-refractivity contribution in [2.24, 2.45) is 0 Å². The molecule has 8 nitrogen and oxygen atoms in total. The smallest absolute Gasteiger partial charge is 0.326 e. The van der Waals surface area contributed by atoms with Gasteiger partial charge in [-0.2, -0.15) is 21.4 Å². The van der Waals surface area contributed by atoms with Gasteiger partial charge < -0.3 is 4.90 Å². The van der Waals surface area contributed by atoms with E-state index in [4.69, 9.17) is 11.6 Å². The van der Waals surface area contributed by atoms with Gasteiger partial charge >= 0.3 is 10.1 Å². The number of allylic oxidation sites excluding steroid dienone is 8. The van der Waals surface area contributed by atoms with Crippen molar-refractivity contribution in [2.75, 3.05) is 16.7 Å². The molecule has 0 unspecified atom stereocenters. The molecule has 0 aromatic heterocycles. The van der Waals surface area contributed by atoms with Crippen LogP contribution in [0.25, 0.3) is 0 Å². The zero-order valence-electron chi connectivity index (χ0n) is 24.6. The van der Waals surface area contributed by atoms with E-state index in [1.165, 1.54) is 0 Å². The number of benzene rings is 2. The number of para-hydroxylation sites is 2. The van der Waals surface area contributed by atoms with Crippen LogP contribution in [0.2, 0.25) is 0 Å². The maximum Gasteiger partial charge on any atom is 0.326 e. The number of rotatable bonds is 7. The van der Waals surface area contributed by atoms with Crippen molar-refractivity contribution < 1.29 is 30.5 Å². The first-order valence-electron chi connectivity index (χ1n) is 14.0. The highest BCUT2D eigenvalue weighted by atomic mass is 35.5. The third-order valence-corrected chi connectivity index (χ3v) is 10.2. The van der Waals surface area contributed by atoms with Gasteiger partial charge in [-0.05, 0) is 62.0 Å². The van der Waals surface area contributed by atoms with E-state index in [0.717, 1.165) is 64.3 Å². The minimum Gasteiger partial charge on any atom is -0.327 e. The summed E-state index contributed by atoms with van der Waals surface area (Å²) < 4.78 is 68.8. The van der Waals surface area contributed by atoms with Gasteiger partial charge in [0.25, 0.3) is 16.0 Å². The summed E-state index contributed by atoms with van der Waals surface area (Å²) in [5.41, 5.74) is 5.61. The molecular formula is C32H36ClN2O6S2+. The minimum atomic E-state index is -4.30. The summed E-state index contributed by atoms with van der Waals surface area (Å²) in [4.78, 5) is 1.63. The molecule has 43 heavy (non-hydrogen) atoms. The molecule has 0 saturated carbocycles. The van der Waals surface area contributed by atoms with Crippen LogP contribution in [0.1, 0.15) is 58.1 Å². The summed E-state index contributed by atoms with van der Waals surface area (Å²) in [6.45, 7) is 8.07. The molecule has 1 aliphatic carbocycles. The van der Waals surface area contributed by atoms with Gasteiger partial charge in [-0.3, -0.25) is 9.11 Å². The molecule has 2 aromatic rings. The first-order valence-corrected chi connectivity index (χ1v) is 17.6. The zero-order valence-corrected chi connectivity index (χ0v) is 27.0. The van der Waals surface area contributed by atoms with Gasteiger partial charge in [-0.25, -0.2) is 0 Å². The maximum absolute atomic E-state index is 11.9. The summed E-state index contributed by atoms with van der Waals surface area (Å²) in [5.74, 6) is -1.12. The van der Waals surface area contributed by atoms with Gasteiger partial charge in [0, 0.05) is 39.5 Å². The van der Waals surface area contributed by atoms with Crippen molar-refractivity contribution in [2.45, 2.75) is 57.8 Å². The molecule has 0 spiro atoms. The molecule has 2 heterocycles. The van der Waals surface area contributed by atoms with Crippen molar-refractivity contribution in [1.29, 1.82) is 0 Å². The highest BCUT2D eigenvalue weighted by molar-refractivity contribution is 7.86. The van der Waals surface area contributed by atoms with Crippen molar-refractivity contribution >= 4 is 48.9 Å². The van der Waals surface area contributed by atoms with E-state index in [1.807, 2.05) is 101 Å². The molecule has 5 rings (SSSR count). The van der Waals surface area contributed by atoms with Gasteiger partial charge in [0.1, 0.15) is 0 Å². The Kier molecular flexibility index (Phi) is 8.15. The lowest BCUT2D eigenvalue weighted by Gasteiger charge is -2.26. The van der Waals surface area contributed by atoms with Crippen LogP contribution in [0.15, 0.2) is 94.7 Å². The molecule has 11 heteroatoms. The molecule has 0 bridgehead atoms. The second-order valence-electron chi connectivity index (χ2n) is 12.2. The van der Waals surface area contributed by atoms with E-state index in [9.17, 15) is 25.9 Å². The van der Waals surface area contributed by atoms with Crippen molar-refractivity contribution in [3.63, 3.8) is 0 Å². The lowest BCUT2D eigenvalue weighted by Crippen LogP contribution is -2.30. The first kappa shape index (κ1) is 31.4. The summed E-state index contributed by atoms with van der Waals surface area (Å²) in [6, 6.07) is 15.1. The Labute approximate surface area is 258 Å². The molecule has 2 aliphatic heterocycles. The summed E-state index contributed by atoms with van der Waals surface area (Å²) >= 11 is 6.95. The van der Waals surface area contributed by atoms with Crippen LogP contribution in [0.3, 0.4) is 0 Å². The second-order valence-corrected chi connectivity index (χ2v) is 15.4. The third kappa shape index (κ3) is 6.17. The highest BCUT2D eigenvalue weighted by Gasteiger charge is 2.45. The quantitative estimate of drug-likeness (QED) is 0.258. The molecule has 2 N–H and O–H groups in total. The SMILES string of the molecule is CC1(C)C(=CC=C2CCCC(C=CC3=[N+](CS(=O)(=O)O)c4ccccc4C3(C)C)=C2Cl)N(CS(=O)(=O)O)c2ccccc21. The van der Waals surface area contributed by atoms with Crippen LogP contribution < -0.4 is 4.90 Å². The normalized spacial score (nSPS) is 21.8. The van der Waals surface area contributed by atoms with Crippen LogP contribution in [-0.2, 0) is 31.1 Å². The molecule has 0 radical (unpaired) electrons. The lowest BCUT2D eigenvalue weighted by molar-refractivity contribution is -0.416. The number of nitrogens with zero attached hydrogens (tertiary/aromatic N) is 2. The van der Waals surface area contributed by atoms with Crippen molar-refractivity contribution in [1.82, 2.24) is 0 Å². The standard InChI is InChI=1S/C32H35ClN2O6S2/c1-31(2)24-12-5-7-14-26(24)34(20-42(36,37)38)28(31)18-16-22-10-9-11-23(30(22)33)17-19-29-32(3,4)25-13-6-8-15-27(25)35(29)21-43(39,40)41/h5-8,12-19H,9-11,20-21H2,1-4H3,(H-,36,37,38,39,40,41)/p+1. The average molecular weight is 644 g/mol. The number of fused-ring (bicyclic) bond motifs is 2. The largest absolute Gasteiger partial charge is 0.327 e. The molecule has 3 aliphatic rings. The van der Waals surface area contributed by atoms with Crippen LogP contribution in [0.5, 0.6) is 0 Å². The van der Waals surface area contributed by atoms with Gasteiger partial charge in [0.15, 0.2) is 11.6 Å². The van der Waals surface area contributed by atoms with Gasteiger partial charge in [0.2, 0.25) is 5.69 Å². The topological polar surface area (TPSA) is 115 Å². The van der Waals surface area contributed by atoms with Crippen LogP contribution >= 0.6 is 11.6 Å². The molecule has 0 atom stereocenters. The van der Waals surface area contributed by atoms with Crippen LogP contribution in [-0.4, -0.2) is 48.0 Å². The predicted octanol–water partition coefficient (Wildman–Crippen LogP) is 6.59. The maximum atomic E-state index is 11.9. The van der Waals surface area contributed by atoms with E-state index in [2.05, 4.69) is 0 Å². The second kappa shape index (κ2) is 11.2. The van der Waals surface area contributed by atoms with E-state index in [-0.39, 0.29) is 0 Å². The van der Waals surface area contributed by atoms with E-state index in [0.29, 0.717) is 5.03 Å². The fourth-order valence-electron chi connectivity index (χ4n) is 6.45. The van der Waals surface area contributed by atoms with Crippen molar-refractivity contribution in [3.05, 3.63) is 106 Å². The zero-order chi connectivity index (χ0) is 31.4. The summed E-state index contributed by atoms with van der Waals surface area (Å²) in [6.07, 6.45) is 9.91. The fraction of sp³-hybridized carbons (Fsp3) is 0.344. The molecule has 0 fully saturated rings. The summed E-state index contributed by atoms with van der Waals surface area (Å²) in [5, 5.41) is 0.587. The number of anilines is 1. The molecule has 0 saturated heterocycles. The minimum absolute atomic E-state index is 0.512. The fourth-order valence-corrected chi connectivity index (χ4v) is 7.98. The van der Waals surface area contributed by atoms with E-state index in [1.54, 1.807) is 9.48 Å². The highest BCUT2D eigenvalue weighted by Crippen LogP contribution is 2.48. The van der Waals surface area contributed by atoms with Crippen LogP contribution in [0.4, 0.5) is 11.4 Å². The van der Waals surface area contributed by atoms with Gasteiger partial charge in [-0.1, -0.05) is 74.0 Å². The van der Waals surface area contributed by atoms with Crippen molar-refractivity contribution in [3.8, 4) is 0 Å². The Morgan fingerprint density at radius 3 is 2.19 bits per heavy atom. The first-order chi connectivity index (χ1) is 20.0. The summed E-state index contributed by atoms with van der Waals surface area (Å²) in [7, 11) is -8.59. The number of halogens is 1. The lowest BCUT2D eigenvalue weighted by atomic mass is 9.81. The average Bonchev–Trinajstić information content (AvgIpc) is 3.24. The Morgan fingerprint density at radius 2 is 1.51 bits per heavy atom. The Hall–Kier alpha value is -3.02. The number of hydrogen-bond donors (Lipinski definition) is 2. The predicted molar refractivity (Wildman–Crippen MR) is 171 cm³/mol. The Morgan fingerprint density at radius 1 is 0.860 bits per heavy atom.